The molecule has 9 rings (SSSR count). The van der Waals surface area contributed by atoms with Crippen molar-refractivity contribution >= 4 is 127 Å². The van der Waals surface area contributed by atoms with E-state index in [1.165, 1.54) is 55.1 Å². The summed E-state index contributed by atoms with van der Waals surface area (Å²) in [5.41, 5.74) is 26.9. The zero-order chi connectivity index (χ0) is 79.6. The Hall–Kier alpha value is -11.4. The van der Waals surface area contributed by atoms with Crippen LogP contribution in [0.1, 0.15) is 60.9 Å². The Balaban J connectivity index is 1.19. The molecule has 0 radical (unpaired) electrons. The molecule has 23 N–H and O–H groups in total. The fourth-order valence-corrected chi connectivity index (χ4v) is 15.3. The summed E-state index contributed by atoms with van der Waals surface area (Å²) in [5, 5.41) is 57.8. The molecule has 3 saturated heterocycles. The van der Waals surface area contributed by atoms with Crippen molar-refractivity contribution in [3.63, 3.8) is 0 Å². The number of H-pyrrole nitrogens is 1. The van der Waals surface area contributed by atoms with Crippen LogP contribution < -0.4 is 81.4 Å². The Bertz CT molecular complexity index is 4260. The first-order valence-corrected chi connectivity index (χ1v) is 39.0. The molecule has 2 bridgehead atoms. The van der Waals surface area contributed by atoms with Crippen LogP contribution in [0.15, 0.2) is 140 Å². The molecule has 4 heterocycles. The average molecular weight is 1570 g/mol. The second kappa shape index (κ2) is 41.3. The van der Waals surface area contributed by atoms with Crippen molar-refractivity contribution in [2.24, 2.45) is 22.9 Å². The Labute approximate surface area is 645 Å². The van der Waals surface area contributed by atoms with Gasteiger partial charge in [-0.15, -0.1) is 11.8 Å². The van der Waals surface area contributed by atoms with Gasteiger partial charge < -0.3 is 102 Å². The molecule has 33 nitrogen and oxygen atoms in total. The fraction of sp³-hybridized carbons (Fsp3) is 0.378. The summed E-state index contributed by atoms with van der Waals surface area (Å²) < 4.78 is 0. The molecule has 3 fully saturated rings. The lowest BCUT2D eigenvalue weighted by Gasteiger charge is -2.36. The number of guanidine groups is 1. The summed E-state index contributed by atoms with van der Waals surface area (Å²) in [6.07, 6.45) is 0.186. The van der Waals surface area contributed by atoms with Gasteiger partial charge in [-0.25, -0.2) is 0 Å². The molecule has 586 valence electrons. The number of fused-ring (bicyclic) bond motifs is 32. The van der Waals surface area contributed by atoms with Crippen LogP contribution in [0.3, 0.4) is 0 Å². The van der Waals surface area contributed by atoms with Crippen LogP contribution in [-0.4, -0.2) is 211 Å². The number of nitrogens with two attached hydrogens (primary N) is 4. The molecule has 0 aliphatic carbocycles. The monoisotopic (exact) mass is 1570 g/mol. The molecule has 1 aromatic heterocycles. The largest absolute Gasteiger partial charge is 0.508 e. The standard InChI is InChI=1S/C74H92N18O15S3/c1-40-64(98)87-55(31-43-14-7-4-8-15-43)69(103)91-59(72(106)85-53(63(77)97)29-45-21-25-49(94)26-22-45)38-110-109-37-58(89-66(100)51(75)28-44-19-23-48(93)24-20-44)70(104)83-41(2)65(99)86-54(30-42-12-5-3-6-13-42)68(102)90-57-36-108-39-62(96)92(35-47(84-71(57)105)16-11-27-80-74(78)79)60(32-46-34-81-52-18-10-9-17-50(46)52)73(107)88-56(33-61(76)95)67(101)82-40/h3-10,12-15,17-26,34,40-41,47,51,53-60,81,93-94H,11,16,27-33,35-39,75H2,1-2H3,(H2,76,95)(H2,77,97)(H,82,101)(H,83,104)(H,84,105)(H,85,106)(H,86,99)(H,87,98)(H,88,107)(H,89,100)(H,90,102)(H,91,103)(H4,78,79,80)/t40-,41-,47-,51-,53-,54+,55?,56-,57+,58?,59-,60?/m0/s1. The zero-order valence-electron chi connectivity index (χ0n) is 60.3. The number of primary amides is 2. The molecular weight excluding hydrogens is 1480 g/mol. The van der Waals surface area contributed by atoms with Crippen molar-refractivity contribution < 1.29 is 72.5 Å². The molecule has 0 spiro atoms. The van der Waals surface area contributed by atoms with Crippen molar-refractivity contribution in [3.8, 4) is 11.5 Å². The Kier molecular flexibility index (Phi) is 31.6. The van der Waals surface area contributed by atoms with E-state index in [0.29, 0.717) is 38.7 Å². The number of phenols is 2. The van der Waals surface area contributed by atoms with Gasteiger partial charge in [-0.2, -0.15) is 0 Å². The minimum Gasteiger partial charge on any atom is -0.508 e. The summed E-state index contributed by atoms with van der Waals surface area (Å²) in [6, 6.07) is 17.9. The lowest BCUT2D eigenvalue weighted by molar-refractivity contribution is -0.141. The van der Waals surface area contributed by atoms with Gasteiger partial charge in [-0.1, -0.05) is 125 Å². The van der Waals surface area contributed by atoms with Crippen molar-refractivity contribution in [1.82, 2.24) is 68.4 Å². The molecular formula is C74H92N18O15S3. The average Bonchev–Trinajstić information content (AvgIpc) is 1.75. The van der Waals surface area contributed by atoms with Crippen LogP contribution in [0, 0.1) is 5.41 Å². The summed E-state index contributed by atoms with van der Waals surface area (Å²) in [7, 11) is 1.81. The number of carbonyl (C=O) groups is 13. The first-order chi connectivity index (χ1) is 52.6. The number of hydrogen-bond acceptors (Lipinski definition) is 20. The predicted molar refractivity (Wildman–Crippen MR) is 414 cm³/mol. The molecule has 12 atom stereocenters. The molecule has 3 unspecified atom stereocenters. The number of phenolic OH excluding ortho intramolecular Hbond substituents is 2. The number of thioether (sulfide) groups is 1. The molecule has 13 amide bonds. The fourth-order valence-electron chi connectivity index (χ4n) is 12.0. The van der Waals surface area contributed by atoms with E-state index in [4.69, 9.17) is 28.3 Å². The Morgan fingerprint density at radius 3 is 1.72 bits per heavy atom. The number of aromatic hydroxyl groups is 2. The van der Waals surface area contributed by atoms with Crippen LogP contribution >= 0.6 is 33.3 Å². The number of aromatic nitrogens is 1. The third kappa shape index (κ3) is 25.9. The number of benzene rings is 5. The van der Waals surface area contributed by atoms with E-state index < -0.39 is 161 Å². The van der Waals surface area contributed by atoms with E-state index >= 15 is 9.59 Å². The van der Waals surface area contributed by atoms with Crippen LogP contribution in [-0.2, 0) is 94.4 Å². The van der Waals surface area contributed by atoms with E-state index in [2.05, 4.69) is 63.5 Å². The second-order valence-corrected chi connectivity index (χ2v) is 30.2. The van der Waals surface area contributed by atoms with Crippen LogP contribution in [0.5, 0.6) is 11.5 Å². The number of nitrogens with zero attached hydrogens (tertiary/aromatic N) is 1. The minimum atomic E-state index is -1.83. The highest BCUT2D eigenvalue weighted by molar-refractivity contribution is 8.76. The molecule has 6 aromatic rings. The highest BCUT2D eigenvalue weighted by Gasteiger charge is 2.40. The van der Waals surface area contributed by atoms with Gasteiger partial charge in [0.2, 0.25) is 76.8 Å². The Morgan fingerprint density at radius 1 is 0.582 bits per heavy atom. The summed E-state index contributed by atoms with van der Waals surface area (Å²) >= 11 is 0.927. The molecule has 3 aliphatic rings. The first-order valence-electron chi connectivity index (χ1n) is 35.3. The maximum Gasteiger partial charge on any atom is 0.244 e. The highest BCUT2D eigenvalue weighted by Crippen LogP contribution is 2.26. The van der Waals surface area contributed by atoms with Gasteiger partial charge in [0.05, 0.1) is 18.2 Å². The van der Waals surface area contributed by atoms with Gasteiger partial charge in [0, 0.05) is 79.2 Å². The lowest BCUT2D eigenvalue weighted by Crippen LogP contribution is -2.62. The number of amides is 13. The lowest BCUT2D eigenvalue weighted by atomic mass is 10.00. The van der Waals surface area contributed by atoms with E-state index in [-0.39, 0.29) is 92.8 Å². The summed E-state index contributed by atoms with van der Waals surface area (Å²) in [6.45, 7) is 2.29. The quantitative estimate of drug-likeness (QED) is 0.0125. The van der Waals surface area contributed by atoms with Crippen molar-refractivity contribution in [1.29, 1.82) is 5.41 Å². The molecule has 3 aliphatic heterocycles. The minimum absolute atomic E-state index is 0.0465. The zero-order valence-corrected chi connectivity index (χ0v) is 62.7. The topological polar surface area (TPSA) is 542 Å². The predicted octanol–water partition coefficient (Wildman–Crippen LogP) is -1.73. The summed E-state index contributed by atoms with van der Waals surface area (Å²) in [5.74, 6) is -13.9. The van der Waals surface area contributed by atoms with Gasteiger partial charge in [0.15, 0.2) is 5.96 Å². The number of nitrogens with one attached hydrogen (secondary N) is 13. The van der Waals surface area contributed by atoms with Crippen LogP contribution in [0.2, 0.25) is 0 Å². The third-order valence-electron chi connectivity index (χ3n) is 18.0. The first kappa shape index (κ1) is 84.3. The highest BCUT2D eigenvalue weighted by atomic mass is 33.1. The number of carbonyl (C=O) groups excluding carboxylic acids is 13. The smallest absolute Gasteiger partial charge is 0.244 e. The maximum absolute atomic E-state index is 15.4. The maximum atomic E-state index is 15.4. The van der Waals surface area contributed by atoms with Crippen molar-refractivity contribution in [2.45, 2.75) is 138 Å². The van der Waals surface area contributed by atoms with E-state index in [9.17, 15) is 63.0 Å². The number of hydrogen-bond donors (Lipinski definition) is 19. The van der Waals surface area contributed by atoms with E-state index in [1.54, 1.807) is 103 Å². The summed E-state index contributed by atoms with van der Waals surface area (Å²) in [4.78, 5) is 193. The van der Waals surface area contributed by atoms with Crippen molar-refractivity contribution in [3.05, 3.63) is 167 Å². The SMILES string of the molecule is C[C@@H]1NC(=O)C(NC(=O)[C@@H](N)Cc2ccc(O)cc2)CSSC[C@@H](C(=O)N[C@@H](Cc2ccc(O)cc2)C(N)=O)NC(=O)C(Cc2ccccc2)NC(=O)[C@H](C)NC(=O)[C@H](CC(N)=O)NC(=O)C(Cc2c[nH]c3ccccc23)N2C[C@H](CCCNC(=N)N)NC(=O)[C@@H](CSCC2=O)NC(=O)[C@@H](Cc2ccccc2)NC1=O. The van der Waals surface area contributed by atoms with E-state index in [1.807, 2.05) is 0 Å². The van der Waals surface area contributed by atoms with Gasteiger partial charge in [0.1, 0.15) is 71.9 Å². The van der Waals surface area contributed by atoms with Crippen LogP contribution in [0.4, 0.5) is 0 Å². The van der Waals surface area contributed by atoms with Crippen LogP contribution in [0.25, 0.3) is 10.9 Å². The van der Waals surface area contributed by atoms with Gasteiger partial charge in [-0.05, 0) is 91.3 Å². The van der Waals surface area contributed by atoms with Crippen molar-refractivity contribution in [2.75, 3.05) is 36.1 Å². The van der Waals surface area contributed by atoms with E-state index in [0.717, 1.165) is 33.3 Å². The molecule has 5 aromatic carbocycles. The number of para-hydroxylation sites is 1. The normalized spacial score (nSPS) is 22.6. The molecule has 36 heteroatoms. The number of rotatable bonds is 21. The Morgan fingerprint density at radius 2 is 1.13 bits per heavy atom. The molecule has 110 heavy (non-hydrogen) atoms. The molecule has 0 saturated carbocycles. The third-order valence-corrected chi connectivity index (χ3v) is 21.4. The van der Waals surface area contributed by atoms with Gasteiger partial charge in [0.25, 0.3) is 0 Å². The van der Waals surface area contributed by atoms with Gasteiger partial charge >= 0.3 is 0 Å². The number of aromatic amines is 1. The van der Waals surface area contributed by atoms with Gasteiger partial charge in [-0.3, -0.25) is 67.7 Å². The second-order valence-electron chi connectivity index (χ2n) is 26.6.